The van der Waals surface area contributed by atoms with Crippen LogP contribution < -0.4 is 10.2 Å². The highest BCUT2D eigenvalue weighted by Gasteiger charge is 2.23. The van der Waals surface area contributed by atoms with Crippen LogP contribution in [0.5, 0.6) is 0 Å². The number of hydrogen-bond acceptors (Lipinski definition) is 5. The maximum absolute atomic E-state index is 13.0. The Bertz CT molecular complexity index is 1060. The number of nitrogens with one attached hydrogen (secondary N) is 1. The molecule has 0 radical (unpaired) electrons. The topological polar surface area (TPSA) is 67.2 Å². The number of piperazine rings is 1. The Morgan fingerprint density at radius 3 is 2.81 bits per heavy atom. The number of nitrogens with zero attached hydrogens (tertiary/aromatic N) is 3. The molecule has 8 heteroatoms. The summed E-state index contributed by atoms with van der Waals surface area (Å²) >= 11 is 5.97. The molecule has 6 nitrogen and oxygen atoms in total. The summed E-state index contributed by atoms with van der Waals surface area (Å²) in [5.41, 5.74) is 2.21. The number of aromatic nitrogens is 2. The maximum Gasteiger partial charge on any atom is 0.269 e. The smallest absolute Gasteiger partial charge is 0.269 e. The average molecular weight is 391 g/mol. The van der Waals surface area contributed by atoms with Gasteiger partial charge in [0.15, 0.2) is 0 Å². The van der Waals surface area contributed by atoms with E-state index in [1.54, 1.807) is 18.2 Å². The van der Waals surface area contributed by atoms with Gasteiger partial charge in [-0.25, -0.2) is 17.4 Å². The van der Waals surface area contributed by atoms with Crippen LogP contribution in [-0.4, -0.2) is 43.1 Å². The fourth-order valence-corrected chi connectivity index (χ4v) is 4.93. The summed E-state index contributed by atoms with van der Waals surface area (Å²) < 4.78 is 27.3. The number of anilines is 1. The minimum absolute atomic E-state index is 0.144. The Labute approximate surface area is 157 Å². The molecule has 1 atom stereocenters. The third-order valence-electron chi connectivity index (χ3n) is 4.58. The fourth-order valence-electron chi connectivity index (χ4n) is 3.34. The first-order chi connectivity index (χ1) is 12.5. The first-order valence-electron chi connectivity index (χ1n) is 8.42. The van der Waals surface area contributed by atoms with Crippen LogP contribution in [0.3, 0.4) is 0 Å². The quantitative estimate of drug-likeness (QED) is 0.744. The lowest BCUT2D eigenvalue weighted by atomic mass is 10.2. The van der Waals surface area contributed by atoms with E-state index in [-0.39, 0.29) is 4.90 Å². The molecule has 0 bridgehead atoms. The van der Waals surface area contributed by atoms with E-state index in [2.05, 4.69) is 22.1 Å². The van der Waals surface area contributed by atoms with Crippen LogP contribution in [-0.2, 0) is 10.0 Å². The van der Waals surface area contributed by atoms with Crippen molar-refractivity contribution in [2.45, 2.75) is 17.9 Å². The van der Waals surface area contributed by atoms with Gasteiger partial charge in [-0.1, -0.05) is 23.7 Å². The molecule has 1 aliphatic heterocycles. The second kappa shape index (κ2) is 6.57. The van der Waals surface area contributed by atoms with Crippen LogP contribution >= 0.6 is 11.6 Å². The molecule has 1 fully saturated rings. The molecule has 3 aromatic rings. The van der Waals surface area contributed by atoms with Crippen molar-refractivity contribution in [1.82, 2.24) is 14.3 Å². The van der Waals surface area contributed by atoms with Gasteiger partial charge in [0, 0.05) is 30.7 Å². The molecule has 0 aliphatic carbocycles. The third kappa shape index (κ3) is 2.96. The van der Waals surface area contributed by atoms with Crippen molar-refractivity contribution in [1.29, 1.82) is 0 Å². The van der Waals surface area contributed by atoms with Crippen molar-refractivity contribution in [2.24, 2.45) is 0 Å². The van der Waals surface area contributed by atoms with Gasteiger partial charge in [0.25, 0.3) is 10.0 Å². The van der Waals surface area contributed by atoms with Gasteiger partial charge in [-0.2, -0.15) is 0 Å². The van der Waals surface area contributed by atoms with E-state index < -0.39 is 10.0 Å². The minimum atomic E-state index is -3.76. The minimum Gasteiger partial charge on any atom is -0.367 e. The average Bonchev–Trinajstić information content (AvgIpc) is 3.06. The van der Waals surface area contributed by atoms with Gasteiger partial charge in [-0.3, -0.25) is 0 Å². The van der Waals surface area contributed by atoms with E-state index in [0.29, 0.717) is 22.1 Å². The van der Waals surface area contributed by atoms with E-state index in [9.17, 15) is 8.42 Å². The van der Waals surface area contributed by atoms with E-state index in [1.807, 2.05) is 12.1 Å². The van der Waals surface area contributed by atoms with Gasteiger partial charge >= 0.3 is 0 Å². The summed E-state index contributed by atoms with van der Waals surface area (Å²) in [6.07, 6.45) is 1.37. The molecule has 1 aliphatic rings. The number of imidazole rings is 1. The zero-order valence-electron chi connectivity index (χ0n) is 14.3. The van der Waals surface area contributed by atoms with Crippen molar-refractivity contribution < 1.29 is 8.42 Å². The molecular formula is C18H19ClN4O2S. The SMILES string of the molecule is CC1CN(c2cccc3c2ncn3S(=O)(=O)c2cccc(Cl)c2)CCN1. The molecule has 0 amide bonds. The van der Waals surface area contributed by atoms with E-state index in [1.165, 1.54) is 22.4 Å². The molecule has 4 rings (SSSR count). The van der Waals surface area contributed by atoms with Gasteiger partial charge in [0.05, 0.1) is 16.1 Å². The Morgan fingerprint density at radius 1 is 1.23 bits per heavy atom. The lowest BCUT2D eigenvalue weighted by Gasteiger charge is -2.33. The van der Waals surface area contributed by atoms with Gasteiger partial charge in [0.2, 0.25) is 0 Å². The van der Waals surface area contributed by atoms with Gasteiger partial charge < -0.3 is 10.2 Å². The van der Waals surface area contributed by atoms with Crippen LogP contribution in [0.25, 0.3) is 11.0 Å². The summed E-state index contributed by atoms with van der Waals surface area (Å²) in [5, 5.41) is 3.79. The van der Waals surface area contributed by atoms with Crippen LogP contribution in [0.2, 0.25) is 5.02 Å². The van der Waals surface area contributed by atoms with Crippen molar-refractivity contribution in [3.05, 3.63) is 53.8 Å². The second-order valence-corrected chi connectivity index (χ2v) is 8.70. The predicted octanol–water partition coefficient (Wildman–Crippen LogP) is 2.72. The standard InChI is InChI=1S/C18H19ClN4O2S/c1-13-11-22(9-8-20-13)16-6-3-7-17-18(16)21-12-23(17)26(24,25)15-5-2-4-14(19)10-15/h2-7,10,12-13,20H,8-9,11H2,1H3. The highest BCUT2D eigenvalue weighted by molar-refractivity contribution is 7.90. The van der Waals surface area contributed by atoms with Crippen molar-refractivity contribution >= 4 is 38.3 Å². The van der Waals surface area contributed by atoms with Crippen LogP contribution in [0, 0.1) is 0 Å². The van der Waals surface area contributed by atoms with Gasteiger partial charge in [-0.15, -0.1) is 0 Å². The molecule has 0 spiro atoms. The molecule has 1 unspecified atom stereocenters. The summed E-state index contributed by atoms with van der Waals surface area (Å²) in [4.78, 5) is 6.81. The molecular weight excluding hydrogens is 372 g/mol. The first-order valence-corrected chi connectivity index (χ1v) is 10.2. The lowest BCUT2D eigenvalue weighted by Crippen LogP contribution is -2.49. The van der Waals surface area contributed by atoms with E-state index in [4.69, 9.17) is 11.6 Å². The lowest BCUT2D eigenvalue weighted by molar-refractivity contribution is 0.485. The molecule has 0 saturated carbocycles. The molecule has 26 heavy (non-hydrogen) atoms. The molecule has 1 N–H and O–H groups in total. The third-order valence-corrected chi connectivity index (χ3v) is 6.48. The summed E-state index contributed by atoms with van der Waals surface area (Å²) in [6, 6.07) is 12.3. The number of rotatable bonds is 3. The normalized spacial score (nSPS) is 18.4. The van der Waals surface area contributed by atoms with Crippen LogP contribution in [0.1, 0.15) is 6.92 Å². The highest BCUT2D eigenvalue weighted by Crippen LogP contribution is 2.29. The fraction of sp³-hybridized carbons (Fsp3) is 0.278. The van der Waals surface area contributed by atoms with E-state index >= 15 is 0 Å². The predicted molar refractivity (Wildman–Crippen MR) is 103 cm³/mol. The van der Waals surface area contributed by atoms with Crippen LogP contribution in [0.15, 0.2) is 53.7 Å². The number of fused-ring (bicyclic) bond motifs is 1. The highest BCUT2D eigenvalue weighted by atomic mass is 35.5. The van der Waals surface area contributed by atoms with Gasteiger partial charge in [-0.05, 0) is 37.3 Å². The van der Waals surface area contributed by atoms with Gasteiger partial charge in [0.1, 0.15) is 11.8 Å². The molecule has 1 saturated heterocycles. The summed E-state index contributed by atoms with van der Waals surface area (Å²) in [6.45, 7) is 4.73. The Balaban J connectivity index is 1.82. The van der Waals surface area contributed by atoms with Crippen molar-refractivity contribution in [3.63, 3.8) is 0 Å². The number of hydrogen-bond donors (Lipinski definition) is 1. The maximum atomic E-state index is 13.0. The van der Waals surface area contributed by atoms with Crippen LogP contribution in [0.4, 0.5) is 5.69 Å². The molecule has 2 aromatic carbocycles. The number of para-hydroxylation sites is 1. The Kier molecular flexibility index (Phi) is 4.38. The van der Waals surface area contributed by atoms with Crippen molar-refractivity contribution in [2.75, 3.05) is 24.5 Å². The number of halogens is 1. The summed E-state index contributed by atoms with van der Waals surface area (Å²) in [7, 11) is -3.76. The first kappa shape index (κ1) is 17.3. The zero-order chi connectivity index (χ0) is 18.3. The van der Waals surface area contributed by atoms with E-state index in [0.717, 1.165) is 25.3 Å². The molecule has 1 aromatic heterocycles. The largest absolute Gasteiger partial charge is 0.367 e. The zero-order valence-corrected chi connectivity index (χ0v) is 15.8. The molecule has 2 heterocycles. The number of benzene rings is 2. The molecule has 136 valence electrons. The van der Waals surface area contributed by atoms with Crippen molar-refractivity contribution in [3.8, 4) is 0 Å². The Morgan fingerprint density at radius 2 is 2.04 bits per heavy atom. The second-order valence-electron chi connectivity index (χ2n) is 6.45. The monoisotopic (exact) mass is 390 g/mol. The summed E-state index contributed by atoms with van der Waals surface area (Å²) in [5.74, 6) is 0. The Hall–Kier alpha value is -2.09.